The van der Waals surface area contributed by atoms with Gasteiger partial charge in [-0.1, -0.05) is 6.07 Å². The molecule has 0 fully saturated rings. The van der Waals surface area contributed by atoms with Gasteiger partial charge in [-0.15, -0.1) is 11.3 Å². The third kappa shape index (κ3) is 4.33. The Morgan fingerprint density at radius 2 is 2.16 bits per heavy atom. The summed E-state index contributed by atoms with van der Waals surface area (Å²) < 4.78 is 10.8. The molecule has 1 aromatic carbocycles. The summed E-state index contributed by atoms with van der Waals surface area (Å²) in [5, 5.41) is 5.12. The maximum Gasteiger partial charge on any atom is 0.264 e. The average Bonchev–Trinajstić information content (AvgIpc) is 3.09. The van der Waals surface area contributed by atoms with Crippen molar-refractivity contribution in [2.45, 2.75) is 6.92 Å². The standard InChI is InChI=1S/C18H17N3O3S/c1-12-5-6-15(16(8-12)23-2)24-10-17(22)21-18-20-14(11-25-18)13-4-3-7-19-9-13/h3-9,11H,10H2,1-2H3,(H,20,21,22). The van der Waals surface area contributed by atoms with Crippen molar-refractivity contribution in [3.63, 3.8) is 0 Å². The van der Waals surface area contributed by atoms with Gasteiger partial charge in [0.2, 0.25) is 0 Å². The van der Waals surface area contributed by atoms with Crippen LogP contribution in [0.15, 0.2) is 48.1 Å². The fourth-order valence-corrected chi connectivity index (χ4v) is 2.91. The van der Waals surface area contributed by atoms with E-state index in [0.717, 1.165) is 16.8 Å². The molecule has 0 aliphatic carbocycles. The highest BCUT2D eigenvalue weighted by molar-refractivity contribution is 7.14. The van der Waals surface area contributed by atoms with Gasteiger partial charge in [0.05, 0.1) is 12.8 Å². The van der Waals surface area contributed by atoms with E-state index < -0.39 is 0 Å². The van der Waals surface area contributed by atoms with E-state index in [2.05, 4.69) is 15.3 Å². The minimum atomic E-state index is -0.283. The molecule has 1 N–H and O–H groups in total. The molecule has 0 atom stereocenters. The lowest BCUT2D eigenvalue weighted by Gasteiger charge is -2.10. The van der Waals surface area contributed by atoms with Gasteiger partial charge in [-0.25, -0.2) is 4.98 Å². The minimum Gasteiger partial charge on any atom is -0.493 e. The number of benzene rings is 1. The first-order valence-corrected chi connectivity index (χ1v) is 8.47. The van der Waals surface area contributed by atoms with Crippen LogP contribution < -0.4 is 14.8 Å². The summed E-state index contributed by atoms with van der Waals surface area (Å²) in [7, 11) is 1.57. The molecule has 0 unspecified atom stereocenters. The Bertz CT molecular complexity index is 865. The molecule has 7 heteroatoms. The van der Waals surface area contributed by atoms with Crippen molar-refractivity contribution in [3.8, 4) is 22.8 Å². The van der Waals surface area contributed by atoms with Crippen molar-refractivity contribution >= 4 is 22.4 Å². The Labute approximate surface area is 149 Å². The molecule has 25 heavy (non-hydrogen) atoms. The van der Waals surface area contributed by atoms with Crippen LogP contribution in [0.25, 0.3) is 11.3 Å². The van der Waals surface area contributed by atoms with E-state index in [9.17, 15) is 4.79 Å². The van der Waals surface area contributed by atoms with Gasteiger partial charge >= 0.3 is 0 Å². The van der Waals surface area contributed by atoms with Crippen LogP contribution in [0.3, 0.4) is 0 Å². The second-order valence-electron chi connectivity index (χ2n) is 5.27. The first kappa shape index (κ1) is 16.9. The molecule has 3 aromatic rings. The number of aryl methyl sites for hydroxylation is 1. The summed E-state index contributed by atoms with van der Waals surface area (Å²) >= 11 is 1.35. The number of methoxy groups -OCH3 is 1. The van der Waals surface area contributed by atoms with E-state index in [4.69, 9.17) is 9.47 Å². The van der Waals surface area contributed by atoms with Gasteiger partial charge in [0, 0.05) is 23.3 Å². The van der Waals surface area contributed by atoms with E-state index in [1.54, 1.807) is 25.6 Å². The zero-order chi connectivity index (χ0) is 17.6. The van der Waals surface area contributed by atoms with Crippen molar-refractivity contribution < 1.29 is 14.3 Å². The maximum atomic E-state index is 12.1. The zero-order valence-electron chi connectivity index (χ0n) is 13.9. The highest BCUT2D eigenvalue weighted by Crippen LogP contribution is 2.28. The number of nitrogens with one attached hydrogen (secondary N) is 1. The molecule has 6 nitrogen and oxygen atoms in total. The van der Waals surface area contributed by atoms with E-state index in [1.165, 1.54) is 11.3 Å². The summed E-state index contributed by atoms with van der Waals surface area (Å²) in [6.45, 7) is 1.84. The molecule has 2 heterocycles. The van der Waals surface area contributed by atoms with Gasteiger partial charge in [0.1, 0.15) is 0 Å². The Kier molecular flexibility index (Phi) is 5.25. The van der Waals surface area contributed by atoms with Crippen LogP contribution in [0.2, 0.25) is 0 Å². The lowest BCUT2D eigenvalue weighted by atomic mass is 10.2. The average molecular weight is 355 g/mol. The highest BCUT2D eigenvalue weighted by atomic mass is 32.1. The van der Waals surface area contributed by atoms with Crippen LogP contribution in [-0.4, -0.2) is 29.6 Å². The predicted molar refractivity (Wildman–Crippen MR) is 97.2 cm³/mol. The highest BCUT2D eigenvalue weighted by Gasteiger charge is 2.11. The van der Waals surface area contributed by atoms with Crippen LogP contribution in [-0.2, 0) is 4.79 Å². The number of rotatable bonds is 6. The van der Waals surface area contributed by atoms with Crippen molar-refractivity contribution in [1.82, 2.24) is 9.97 Å². The third-order valence-electron chi connectivity index (χ3n) is 3.39. The maximum absolute atomic E-state index is 12.1. The molecule has 3 rings (SSSR count). The Balaban J connectivity index is 1.59. The number of carbonyl (C=O) groups is 1. The first-order valence-electron chi connectivity index (χ1n) is 7.59. The van der Waals surface area contributed by atoms with Gasteiger partial charge in [-0.3, -0.25) is 15.1 Å². The van der Waals surface area contributed by atoms with Gasteiger partial charge in [0.15, 0.2) is 23.2 Å². The molecule has 0 saturated carbocycles. The third-order valence-corrected chi connectivity index (χ3v) is 4.14. The number of amides is 1. The minimum absolute atomic E-state index is 0.124. The number of carbonyl (C=O) groups excluding carboxylic acids is 1. The Morgan fingerprint density at radius 1 is 1.28 bits per heavy atom. The summed E-state index contributed by atoms with van der Waals surface area (Å²) in [5.74, 6) is 0.842. The van der Waals surface area contributed by atoms with Crippen molar-refractivity contribution in [3.05, 3.63) is 53.7 Å². The largest absolute Gasteiger partial charge is 0.493 e. The van der Waals surface area contributed by atoms with Crippen LogP contribution in [0.1, 0.15) is 5.56 Å². The predicted octanol–water partition coefficient (Wildman–Crippen LogP) is 3.54. The van der Waals surface area contributed by atoms with Gasteiger partial charge in [-0.2, -0.15) is 0 Å². The molecule has 0 radical (unpaired) electrons. The van der Waals surface area contributed by atoms with Gasteiger partial charge < -0.3 is 9.47 Å². The number of hydrogen-bond donors (Lipinski definition) is 1. The number of ether oxygens (including phenoxy) is 2. The number of anilines is 1. The topological polar surface area (TPSA) is 73.3 Å². The van der Waals surface area contributed by atoms with E-state index in [0.29, 0.717) is 16.6 Å². The molecule has 0 spiro atoms. The summed E-state index contributed by atoms with van der Waals surface area (Å²) in [6.07, 6.45) is 3.43. The molecule has 0 aliphatic rings. The molecular formula is C18H17N3O3S. The van der Waals surface area contributed by atoms with E-state index >= 15 is 0 Å². The van der Waals surface area contributed by atoms with Crippen LogP contribution in [0.5, 0.6) is 11.5 Å². The Morgan fingerprint density at radius 3 is 2.92 bits per heavy atom. The number of hydrogen-bond acceptors (Lipinski definition) is 6. The fraction of sp³-hybridized carbons (Fsp3) is 0.167. The smallest absolute Gasteiger partial charge is 0.264 e. The number of pyridine rings is 1. The van der Waals surface area contributed by atoms with Crippen molar-refractivity contribution in [1.29, 1.82) is 0 Å². The number of thiazole rings is 1. The summed E-state index contributed by atoms with van der Waals surface area (Å²) in [5.41, 5.74) is 2.73. The molecule has 2 aromatic heterocycles. The van der Waals surface area contributed by atoms with Crippen LogP contribution >= 0.6 is 11.3 Å². The summed E-state index contributed by atoms with van der Waals surface area (Å²) in [6, 6.07) is 9.30. The summed E-state index contributed by atoms with van der Waals surface area (Å²) in [4.78, 5) is 20.5. The SMILES string of the molecule is COc1cc(C)ccc1OCC(=O)Nc1nc(-c2cccnc2)cs1. The number of aromatic nitrogens is 2. The Hall–Kier alpha value is -2.93. The monoisotopic (exact) mass is 355 g/mol. The molecular weight excluding hydrogens is 338 g/mol. The normalized spacial score (nSPS) is 10.3. The molecule has 0 aliphatic heterocycles. The number of nitrogens with zero attached hydrogens (tertiary/aromatic N) is 2. The van der Waals surface area contributed by atoms with Crippen LogP contribution in [0.4, 0.5) is 5.13 Å². The lowest BCUT2D eigenvalue weighted by molar-refractivity contribution is -0.118. The lowest BCUT2D eigenvalue weighted by Crippen LogP contribution is -2.20. The van der Waals surface area contributed by atoms with Gasteiger partial charge in [0.25, 0.3) is 5.91 Å². The van der Waals surface area contributed by atoms with E-state index in [1.807, 2.05) is 36.6 Å². The second-order valence-corrected chi connectivity index (χ2v) is 6.13. The molecule has 0 saturated heterocycles. The quantitative estimate of drug-likeness (QED) is 0.732. The van der Waals surface area contributed by atoms with Crippen LogP contribution in [0, 0.1) is 6.92 Å². The van der Waals surface area contributed by atoms with Crippen molar-refractivity contribution in [2.24, 2.45) is 0 Å². The van der Waals surface area contributed by atoms with E-state index in [-0.39, 0.29) is 12.5 Å². The molecule has 128 valence electrons. The molecule has 1 amide bonds. The van der Waals surface area contributed by atoms with Crippen molar-refractivity contribution in [2.75, 3.05) is 19.0 Å². The first-order chi connectivity index (χ1) is 12.2. The zero-order valence-corrected chi connectivity index (χ0v) is 14.7. The fourth-order valence-electron chi connectivity index (χ4n) is 2.17. The second kappa shape index (κ2) is 7.76. The molecule has 0 bridgehead atoms. The van der Waals surface area contributed by atoms with Gasteiger partial charge in [-0.05, 0) is 36.8 Å².